The molecular weight excluding hydrogens is 331 g/mol. The third-order valence-corrected chi connectivity index (χ3v) is 12.0. The van der Waals surface area contributed by atoms with E-state index in [1.165, 1.54) is 0 Å². The van der Waals surface area contributed by atoms with E-state index in [4.69, 9.17) is 9.16 Å². The Bertz CT molecular complexity index is 496. The van der Waals surface area contributed by atoms with Crippen LogP contribution in [0.5, 0.6) is 0 Å². The Morgan fingerprint density at radius 1 is 0.880 bits per heavy atom. The van der Waals surface area contributed by atoms with Gasteiger partial charge in [-0.25, -0.2) is 4.39 Å². The predicted octanol–water partition coefficient (Wildman–Crippen LogP) is 5.98. The maximum atomic E-state index is 14.2. The number of alkyl halides is 1. The summed E-state index contributed by atoms with van der Waals surface area (Å²) in [6.07, 6.45) is -0.769. The van der Waals surface area contributed by atoms with Gasteiger partial charge < -0.3 is 9.16 Å². The molecule has 0 saturated heterocycles. The third kappa shape index (κ3) is 4.72. The average molecular weight is 367 g/mol. The van der Waals surface area contributed by atoms with Crippen LogP contribution in [0.15, 0.2) is 30.3 Å². The van der Waals surface area contributed by atoms with Crippen molar-refractivity contribution in [2.75, 3.05) is 13.2 Å². The molecule has 2 nitrogen and oxygen atoms in total. The molecule has 1 aromatic carbocycles. The minimum atomic E-state index is -1.90. The first-order valence-electron chi connectivity index (χ1n) is 9.70. The highest BCUT2D eigenvalue weighted by Gasteiger charge is 2.53. The predicted molar refractivity (Wildman–Crippen MR) is 105 cm³/mol. The molecule has 3 atom stereocenters. The number of halogens is 1. The van der Waals surface area contributed by atoms with Gasteiger partial charge in [-0.2, -0.15) is 0 Å². The van der Waals surface area contributed by atoms with Gasteiger partial charge in [-0.05, 0) is 22.2 Å². The Hall–Kier alpha value is -0.713. The molecule has 0 spiro atoms. The van der Waals surface area contributed by atoms with Gasteiger partial charge in [0.1, 0.15) is 6.17 Å². The van der Waals surface area contributed by atoms with Gasteiger partial charge >= 0.3 is 0 Å². The summed E-state index contributed by atoms with van der Waals surface area (Å²) in [4.78, 5) is 0. The van der Waals surface area contributed by atoms with Crippen molar-refractivity contribution in [2.24, 2.45) is 11.8 Å². The minimum Gasteiger partial charge on any atom is -0.416 e. The van der Waals surface area contributed by atoms with E-state index in [2.05, 4.69) is 41.5 Å². The Morgan fingerprint density at radius 3 is 1.92 bits per heavy atom. The Balaban J connectivity index is 1.82. The van der Waals surface area contributed by atoms with Crippen LogP contribution < -0.4 is 0 Å². The van der Waals surface area contributed by atoms with E-state index < -0.39 is 14.5 Å². The van der Waals surface area contributed by atoms with Crippen molar-refractivity contribution in [3.8, 4) is 0 Å². The Morgan fingerprint density at radius 2 is 1.40 bits per heavy atom. The second-order valence-corrected chi connectivity index (χ2v) is 13.9. The summed E-state index contributed by atoms with van der Waals surface area (Å²) in [6, 6.07) is 10.1. The van der Waals surface area contributed by atoms with Gasteiger partial charge in [-0.3, -0.25) is 0 Å². The van der Waals surface area contributed by atoms with Gasteiger partial charge in [-0.15, -0.1) is 0 Å². The maximum absolute atomic E-state index is 14.2. The molecule has 1 fully saturated rings. The molecule has 1 aliphatic carbocycles. The fourth-order valence-corrected chi connectivity index (χ4v) is 9.94. The molecule has 1 saturated carbocycles. The van der Waals surface area contributed by atoms with Gasteiger partial charge in [0.25, 0.3) is 0 Å². The van der Waals surface area contributed by atoms with Gasteiger partial charge in [-0.1, -0.05) is 71.9 Å². The molecule has 0 amide bonds. The normalized spacial score (nSPS) is 23.7. The van der Waals surface area contributed by atoms with Crippen LogP contribution in [0.1, 0.15) is 47.1 Å². The quantitative estimate of drug-likeness (QED) is 0.474. The fraction of sp³-hybridized carbons (Fsp3) is 0.714. The second-order valence-electron chi connectivity index (χ2n) is 8.40. The molecule has 1 aliphatic rings. The number of benzene rings is 1. The summed E-state index contributed by atoms with van der Waals surface area (Å²) in [5.41, 5.74) is 2.75. The van der Waals surface area contributed by atoms with Crippen molar-refractivity contribution < 1.29 is 13.6 Å². The van der Waals surface area contributed by atoms with Crippen LogP contribution in [0.2, 0.25) is 16.6 Å². The van der Waals surface area contributed by atoms with Crippen LogP contribution in [-0.2, 0) is 15.8 Å². The lowest BCUT2D eigenvalue weighted by atomic mass is 10.2. The summed E-state index contributed by atoms with van der Waals surface area (Å²) >= 11 is 0. The molecule has 0 radical (unpaired) electrons. The standard InChI is InChI=1S/C21H35FO2Si/c1-15(2)25(16(3)4,17(5)6)24-14-20-19(21(20)22)13-23-12-18-10-8-7-9-11-18/h7-11,15-17,19-21H,12-14H2,1-6H3. The molecule has 142 valence electrons. The van der Waals surface area contributed by atoms with Crippen molar-refractivity contribution in [2.45, 2.75) is 70.9 Å². The second kappa shape index (κ2) is 8.78. The van der Waals surface area contributed by atoms with E-state index in [9.17, 15) is 4.39 Å². The largest absolute Gasteiger partial charge is 0.416 e. The zero-order chi connectivity index (χ0) is 18.6. The Kier molecular flexibility index (Phi) is 7.24. The van der Waals surface area contributed by atoms with Crippen LogP contribution in [0.3, 0.4) is 0 Å². The molecule has 3 unspecified atom stereocenters. The first-order chi connectivity index (χ1) is 11.8. The monoisotopic (exact) mass is 366 g/mol. The topological polar surface area (TPSA) is 18.5 Å². The van der Waals surface area contributed by atoms with Crippen molar-refractivity contribution in [3.63, 3.8) is 0 Å². The molecule has 1 aromatic rings. The first-order valence-corrected chi connectivity index (χ1v) is 11.8. The van der Waals surface area contributed by atoms with Crippen molar-refractivity contribution >= 4 is 8.32 Å². The maximum Gasteiger partial charge on any atom is 0.200 e. The molecular formula is C21H35FO2Si. The number of ether oxygens (including phenoxy) is 1. The summed E-state index contributed by atoms with van der Waals surface area (Å²) in [6.45, 7) is 15.2. The van der Waals surface area contributed by atoms with E-state index in [1.54, 1.807) is 0 Å². The molecule has 2 rings (SSSR count). The highest BCUT2D eigenvalue weighted by Crippen LogP contribution is 2.47. The van der Waals surface area contributed by atoms with E-state index in [-0.39, 0.29) is 11.8 Å². The fourth-order valence-electron chi connectivity index (χ4n) is 4.46. The number of hydrogen-bond donors (Lipinski definition) is 0. The van der Waals surface area contributed by atoms with Gasteiger partial charge in [0.2, 0.25) is 0 Å². The third-order valence-electron chi connectivity index (χ3n) is 5.88. The minimum absolute atomic E-state index is 0.00176. The number of hydrogen-bond acceptors (Lipinski definition) is 2. The van der Waals surface area contributed by atoms with Gasteiger partial charge in [0.05, 0.1) is 13.2 Å². The van der Waals surface area contributed by atoms with Crippen molar-refractivity contribution in [3.05, 3.63) is 35.9 Å². The summed E-state index contributed by atoms with van der Waals surface area (Å²) in [5, 5.41) is 0. The van der Waals surface area contributed by atoms with E-state index in [0.29, 0.717) is 36.4 Å². The molecule has 0 bridgehead atoms. The van der Waals surface area contributed by atoms with Crippen LogP contribution in [-0.4, -0.2) is 27.7 Å². The molecule has 4 heteroatoms. The first kappa shape index (κ1) is 20.6. The SMILES string of the molecule is CC(C)[Si](OCC1C(F)C1COCc1ccccc1)(C(C)C)C(C)C. The van der Waals surface area contributed by atoms with Crippen LogP contribution in [0, 0.1) is 11.8 Å². The van der Waals surface area contributed by atoms with Crippen molar-refractivity contribution in [1.29, 1.82) is 0 Å². The summed E-state index contributed by atoms with van der Waals surface area (Å²) < 4.78 is 26.5. The van der Waals surface area contributed by atoms with Gasteiger partial charge in [0.15, 0.2) is 8.32 Å². The lowest BCUT2D eigenvalue weighted by Gasteiger charge is -2.42. The van der Waals surface area contributed by atoms with E-state index in [0.717, 1.165) is 5.56 Å². The van der Waals surface area contributed by atoms with Gasteiger partial charge in [0, 0.05) is 18.4 Å². The van der Waals surface area contributed by atoms with Crippen molar-refractivity contribution in [1.82, 2.24) is 0 Å². The average Bonchev–Trinajstić information content (AvgIpc) is 3.16. The Labute approximate surface area is 154 Å². The van der Waals surface area contributed by atoms with E-state index >= 15 is 0 Å². The highest BCUT2D eigenvalue weighted by atomic mass is 28.4. The zero-order valence-electron chi connectivity index (χ0n) is 16.7. The lowest BCUT2D eigenvalue weighted by molar-refractivity contribution is 0.101. The summed E-state index contributed by atoms with van der Waals surface area (Å²) in [5.74, 6) is 0.0146. The van der Waals surface area contributed by atoms with Crippen LogP contribution in [0.25, 0.3) is 0 Å². The number of rotatable bonds is 10. The molecule has 25 heavy (non-hydrogen) atoms. The smallest absolute Gasteiger partial charge is 0.200 e. The molecule has 0 heterocycles. The van der Waals surface area contributed by atoms with Crippen LogP contribution >= 0.6 is 0 Å². The highest BCUT2D eigenvalue weighted by molar-refractivity contribution is 6.77. The molecule has 0 aliphatic heterocycles. The summed E-state index contributed by atoms with van der Waals surface area (Å²) in [7, 11) is -1.90. The van der Waals surface area contributed by atoms with E-state index in [1.807, 2.05) is 30.3 Å². The van der Waals surface area contributed by atoms with Crippen LogP contribution in [0.4, 0.5) is 4.39 Å². The molecule has 0 N–H and O–H groups in total. The lowest BCUT2D eigenvalue weighted by Crippen LogP contribution is -2.48. The molecule has 0 aromatic heterocycles. The zero-order valence-corrected chi connectivity index (χ0v) is 17.7.